The van der Waals surface area contributed by atoms with Gasteiger partial charge in [-0.1, -0.05) is 31.2 Å². The summed E-state index contributed by atoms with van der Waals surface area (Å²) in [6.45, 7) is 2.60. The van der Waals surface area contributed by atoms with Crippen LogP contribution in [-0.4, -0.2) is 13.1 Å². The lowest BCUT2D eigenvalue weighted by Crippen LogP contribution is -2.15. The largest absolute Gasteiger partial charge is 0.469 e. The van der Waals surface area contributed by atoms with Crippen molar-refractivity contribution in [1.29, 1.82) is 0 Å². The molecule has 1 atom stereocenters. The first-order valence-electron chi connectivity index (χ1n) is 5.39. The third-order valence-electron chi connectivity index (χ3n) is 2.61. The van der Waals surface area contributed by atoms with Gasteiger partial charge in [0.25, 0.3) is 5.92 Å². The van der Waals surface area contributed by atoms with Crippen molar-refractivity contribution in [2.75, 3.05) is 7.11 Å². The SMILES string of the molecule is COC(=O)C(C)Cc1ccc(C(C)(F)F)cc1. The van der Waals surface area contributed by atoms with Gasteiger partial charge in [0.15, 0.2) is 0 Å². The van der Waals surface area contributed by atoms with E-state index in [9.17, 15) is 13.6 Å². The van der Waals surface area contributed by atoms with Crippen LogP contribution in [0.25, 0.3) is 0 Å². The second-order valence-electron chi connectivity index (χ2n) is 4.21. The minimum atomic E-state index is -2.83. The van der Waals surface area contributed by atoms with Crippen molar-refractivity contribution in [1.82, 2.24) is 0 Å². The van der Waals surface area contributed by atoms with Gasteiger partial charge >= 0.3 is 5.97 Å². The lowest BCUT2D eigenvalue weighted by Gasteiger charge is -2.12. The Bertz CT molecular complexity index is 379. The smallest absolute Gasteiger partial charge is 0.308 e. The monoisotopic (exact) mass is 242 g/mol. The Balaban J connectivity index is 2.72. The van der Waals surface area contributed by atoms with Gasteiger partial charge in [0.2, 0.25) is 0 Å². The fraction of sp³-hybridized carbons (Fsp3) is 0.462. The lowest BCUT2D eigenvalue weighted by molar-refractivity contribution is -0.144. The number of carbonyl (C=O) groups excluding carboxylic acids is 1. The molecule has 0 N–H and O–H groups in total. The predicted octanol–water partition coefficient (Wildman–Crippen LogP) is 3.15. The van der Waals surface area contributed by atoms with Crippen molar-refractivity contribution in [3.8, 4) is 0 Å². The predicted molar refractivity (Wildman–Crippen MR) is 60.9 cm³/mol. The Labute approximate surface area is 99.6 Å². The van der Waals surface area contributed by atoms with Gasteiger partial charge in [-0.05, 0) is 12.0 Å². The second kappa shape index (κ2) is 5.25. The molecule has 17 heavy (non-hydrogen) atoms. The zero-order valence-electron chi connectivity index (χ0n) is 10.2. The van der Waals surface area contributed by atoms with Gasteiger partial charge in [-0.15, -0.1) is 0 Å². The number of methoxy groups -OCH3 is 1. The van der Waals surface area contributed by atoms with E-state index in [1.165, 1.54) is 19.2 Å². The first-order chi connectivity index (χ1) is 7.84. The number of halogens is 2. The number of hydrogen-bond acceptors (Lipinski definition) is 2. The number of ether oxygens (including phenoxy) is 1. The van der Waals surface area contributed by atoms with E-state index in [4.69, 9.17) is 0 Å². The van der Waals surface area contributed by atoms with Crippen LogP contribution in [0.1, 0.15) is 25.0 Å². The highest BCUT2D eigenvalue weighted by Gasteiger charge is 2.23. The summed E-state index contributed by atoms with van der Waals surface area (Å²) < 4.78 is 30.5. The molecule has 0 spiro atoms. The Kier molecular flexibility index (Phi) is 4.21. The van der Waals surface area contributed by atoms with E-state index in [0.29, 0.717) is 6.42 Å². The number of esters is 1. The zero-order valence-corrected chi connectivity index (χ0v) is 10.2. The maximum atomic E-state index is 13.0. The van der Waals surface area contributed by atoms with E-state index in [2.05, 4.69) is 4.74 Å². The van der Waals surface area contributed by atoms with Gasteiger partial charge in [0.05, 0.1) is 13.0 Å². The number of carbonyl (C=O) groups is 1. The molecular formula is C13H16F2O2. The van der Waals surface area contributed by atoms with E-state index in [-0.39, 0.29) is 17.5 Å². The van der Waals surface area contributed by atoms with Gasteiger partial charge in [-0.3, -0.25) is 4.79 Å². The molecule has 0 aliphatic rings. The van der Waals surface area contributed by atoms with Crippen LogP contribution >= 0.6 is 0 Å². The fourth-order valence-corrected chi connectivity index (χ4v) is 1.57. The van der Waals surface area contributed by atoms with E-state index >= 15 is 0 Å². The first kappa shape index (κ1) is 13.6. The van der Waals surface area contributed by atoms with Crippen LogP contribution in [0.3, 0.4) is 0 Å². The Morgan fingerprint density at radius 2 is 1.88 bits per heavy atom. The molecule has 0 heterocycles. The normalized spacial score (nSPS) is 13.2. The van der Waals surface area contributed by atoms with Gasteiger partial charge in [0.1, 0.15) is 0 Å². The highest BCUT2D eigenvalue weighted by atomic mass is 19.3. The topological polar surface area (TPSA) is 26.3 Å². The lowest BCUT2D eigenvalue weighted by atomic mass is 9.99. The number of hydrogen-bond donors (Lipinski definition) is 0. The minimum absolute atomic E-state index is 0.0213. The summed E-state index contributed by atoms with van der Waals surface area (Å²) in [6.07, 6.45) is 0.488. The Hall–Kier alpha value is -1.45. The highest BCUT2D eigenvalue weighted by Crippen LogP contribution is 2.27. The Morgan fingerprint density at radius 1 is 1.35 bits per heavy atom. The molecule has 0 aliphatic carbocycles. The molecule has 1 aromatic rings. The van der Waals surface area contributed by atoms with E-state index in [1.807, 2.05) is 0 Å². The zero-order chi connectivity index (χ0) is 13.1. The molecule has 0 aliphatic heterocycles. The third-order valence-corrected chi connectivity index (χ3v) is 2.61. The van der Waals surface area contributed by atoms with Crippen LogP contribution in [0, 0.1) is 5.92 Å². The van der Waals surface area contributed by atoms with Gasteiger partial charge in [-0.2, -0.15) is 0 Å². The van der Waals surface area contributed by atoms with Crippen LogP contribution in [0.5, 0.6) is 0 Å². The Morgan fingerprint density at radius 3 is 2.29 bits per heavy atom. The minimum Gasteiger partial charge on any atom is -0.469 e. The molecule has 94 valence electrons. The summed E-state index contributed by atoms with van der Waals surface area (Å²) in [6, 6.07) is 6.01. The number of rotatable bonds is 4. The summed E-state index contributed by atoms with van der Waals surface area (Å²) in [7, 11) is 1.33. The van der Waals surface area contributed by atoms with Crippen molar-refractivity contribution in [2.45, 2.75) is 26.2 Å². The van der Waals surface area contributed by atoms with E-state index in [1.54, 1.807) is 19.1 Å². The average Bonchev–Trinajstić information content (AvgIpc) is 2.27. The molecule has 0 fully saturated rings. The molecule has 1 aromatic carbocycles. The van der Waals surface area contributed by atoms with Crippen LogP contribution in [-0.2, 0) is 21.9 Å². The standard InChI is InChI=1S/C13H16F2O2/c1-9(12(16)17-3)8-10-4-6-11(7-5-10)13(2,14)15/h4-7,9H,8H2,1-3H3. The second-order valence-corrected chi connectivity index (χ2v) is 4.21. The maximum Gasteiger partial charge on any atom is 0.308 e. The summed E-state index contributed by atoms with van der Waals surface area (Å²) in [5.74, 6) is -3.39. The molecule has 0 bridgehead atoms. The van der Waals surface area contributed by atoms with Crippen molar-refractivity contribution in [3.05, 3.63) is 35.4 Å². The molecule has 0 saturated heterocycles. The van der Waals surface area contributed by atoms with Crippen LogP contribution in [0.15, 0.2) is 24.3 Å². The highest BCUT2D eigenvalue weighted by molar-refractivity contribution is 5.72. The third kappa shape index (κ3) is 3.80. The van der Waals surface area contributed by atoms with Crippen molar-refractivity contribution >= 4 is 5.97 Å². The summed E-state index contributed by atoms with van der Waals surface area (Å²) in [4.78, 5) is 11.2. The molecular weight excluding hydrogens is 226 g/mol. The molecule has 0 radical (unpaired) electrons. The van der Waals surface area contributed by atoms with Gasteiger partial charge < -0.3 is 4.74 Å². The van der Waals surface area contributed by atoms with Gasteiger partial charge in [-0.25, -0.2) is 8.78 Å². The molecule has 0 aromatic heterocycles. The maximum absolute atomic E-state index is 13.0. The molecule has 1 unspecified atom stereocenters. The first-order valence-corrected chi connectivity index (χ1v) is 5.39. The fourth-order valence-electron chi connectivity index (χ4n) is 1.57. The molecule has 0 amide bonds. The number of alkyl halides is 2. The van der Waals surface area contributed by atoms with E-state index < -0.39 is 5.92 Å². The molecule has 0 saturated carbocycles. The number of benzene rings is 1. The van der Waals surface area contributed by atoms with Crippen molar-refractivity contribution in [3.63, 3.8) is 0 Å². The van der Waals surface area contributed by atoms with Crippen LogP contribution in [0.4, 0.5) is 8.78 Å². The van der Waals surface area contributed by atoms with Crippen molar-refractivity contribution < 1.29 is 18.3 Å². The summed E-state index contributed by atoms with van der Waals surface area (Å²) >= 11 is 0. The van der Waals surface area contributed by atoms with Crippen molar-refractivity contribution in [2.24, 2.45) is 5.92 Å². The summed E-state index contributed by atoms with van der Waals surface area (Å²) in [5.41, 5.74) is 0.822. The quantitative estimate of drug-likeness (QED) is 0.758. The molecule has 1 rings (SSSR count). The molecule has 2 nitrogen and oxygen atoms in total. The molecule has 4 heteroatoms. The average molecular weight is 242 g/mol. The van der Waals surface area contributed by atoms with Gasteiger partial charge in [0, 0.05) is 12.5 Å². The van der Waals surface area contributed by atoms with Crippen LogP contribution < -0.4 is 0 Å². The van der Waals surface area contributed by atoms with E-state index in [0.717, 1.165) is 12.5 Å². The van der Waals surface area contributed by atoms with Crippen LogP contribution in [0.2, 0.25) is 0 Å². The summed E-state index contributed by atoms with van der Waals surface area (Å²) in [5, 5.41) is 0.